The molecule has 0 spiro atoms. The zero-order valence-corrected chi connectivity index (χ0v) is 21.7. The Labute approximate surface area is 210 Å². The standard InChI is InChI=1S/C28H34FN3O4/c1-16(2)20-13-21(18-7-9-19(29)10-8-18)30-22-14-23(36-25(20)22)26(34)32-12-11-31(15-28(32,5)6)27(35)24(33)17(3)4/h7-10,13-14,16-17,24,33H,11-12,15H2,1-6H3. The summed E-state index contributed by atoms with van der Waals surface area (Å²) >= 11 is 0. The third-order valence-electron chi connectivity index (χ3n) is 6.82. The van der Waals surface area contributed by atoms with Crippen molar-refractivity contribution in [2.75, 3.05) is 19.6 Å². The van der Waals surface area contributed by atoms with Crippen molar-refractivity contribution in [3.8, 4) is 11.3 Å². The molecule has 0 radical (unpaired) electrons. The molecule has 0 saturated carbocycles. The molecule has 192 valence electrons. The van der Waals surface area contributed by atoms with E-state index < -0.39 is 11.6 Å². The third-order valence-corrected chi connectivity index (χ3v) is 6.82. The van der Waals surface area contributed by atoms with Crippen LogP contribution in [-0.4, -0.2) is 63.0 Å². The van der Waals surface area contributed by atoms with E-state index in [0.29, 0.717) is 36.4 Å². The number of rotatable bonds is 5. The summed E-state index contributed by atoms with van der Waals surface area (Å²) in [5.41, 5.74) is 2.84. The second kappa shape index (κ2) is 9.65. The van der Waals surface area contributed by atoms with Crippen LogP contribution in [0.1, 0.15) is 63.6 Å². The third kappa shape index (κ3) is 4.87. The number of carbonyl (C=O) groups excluding carboxylic acids is 2. The van der Waals surface area contributed by atoms with Gasteiger partial charge in [-0.3, -0.25) is 9.59 Å². The molecule has 1 aliphatic rings. The Morgan fingerprint density at radius 3 is 2.33 bits per heavy atom. The molecule has 1 aromatic carbocycles. The Balaban J connectivity index is 1.64. The molecular formula is C28H34FN3O4. The van der Waals surface area contributed by atoms with Gasteiger partial charge in [0, 0.05) is 36.8 Å². The predicted molar refractivity (Wildman–Crippen MR) is 136 cm³/mol. The number of halogens is 1. The molecular weight excluding hydrogens is 461 g/mol. The molecule has 3 aromatic rings. The smallest absolute Gasteiger partial charge is 0.290 e. The normalized spacial score (nSPS) is 16.7. The fourth-order valence-corrected chi connectivity index (χ4v) is 4.67. The average Bonchev–Trinajstić information content (AvgIpc) is 3.26. The van der Waals surface area contributed by atoms with E-state index in [2.05, 4.69) is 0 Å². The summed E-state index contributed by atoms with van der Waals surface area (Å²) in [6.07, 6.45) is -1.06. The summed E-state index contributed by atoms with van der Waals surface area (Å²) in [4.78, 5) is 34.3. The fraction of sp³-hybridized carbons (Fsp3) is 0.464. The Kier molecular flexibility index (Phi) is 6.92. The van der Waals surface area contributed by atoms with E-state index in [9.17, 15) is 19.1 Å². The lowest BCUT2D eigenvalue weighted by Gasteiger charge is -2.47. The minimum absolute atomic E-state index is 0.113. The number of fused-ring (bicyclic) bond motifs is 1. The first-order valence-electron chi connectivity index (χ1n) is 12.4. The molecule has 2 amide bonds. The minimum Gasteiger partial charge on any atom is -0.449 e. The zero-order chi connectivity index (χ0) is 26.4. The lowest BCUT2D eigenvalue weighted by atomic mass is 9.96. The number of benzene rings is 1. The lowest BCUT2D eigenvalue weighted by Crippen LogP contribution is -2.63. The highest BCUT2D eigenvalue weighted by Crippen LogP contribution is 2.33. The molecule has 1 N–H and O–H groups in total. The molecule has 0 aliphatic carbocycles. The van der Waals surface area contributed by atoms with Gasteiger partial charge in [-0.2, -0.15) is 0 Å². The van der Waals surface area contributed by atoms with E-state index in [1.54, 1.807) is 41.8 Å². The highest BCUT2D eigenvalue weighted by atomic mass is 19.1. The van der Waals surface area contributed by atoms with Crippen molar-refractivity contribution in [1.29, 1.82) is 0 Å². The number of hydrogen-bond acceptors (Lipinski definition) is 5. The molecule has 1 saturated heterocycles. The van der Waals surface area contributed by atoms with Gasteiger partial charge in [-0.25, -0.2) is 9.37 Å². The van der Waals surface area contributed by atoms with Crippen LogP contribution >= 0.6 is 0 Å². The Morgan fingerprint density at radius 2 is 1.75 bits per heavy atom. The van der Waals surface area contributed by atoms with Crippen molar-refractivity contribution in [1.82, 2.24) is 14.8 Å². The van der Waals surface area contributed by atoms with E-state index in [-0.39, 0.29) is 35.2 Å². The number of piperazine rings is 1. The lowest BCUT2D eigenvalue weighted by molar-refractivity contribution is -0.146. The first kappa shape index (κ1) is 25.8. The van der Waals surface area contributed by atoms with E-state index in [1.165, 1.54) is 12.1 Å². The van der Waals surface area contributed by atoms with E-state index in [1.807, 2.05) is 33.8 Å². The summed E-state index contributed by atoms with van der Waals surface area (Å²) in [6.45, 7) is 12.5. The monoisotopic (exact) mass is 495 g/mol. The SMILES string of the molecule is CC(C)c1cc(-c2ccc(F)cc2)nc2cc(C(=O)N3CCN(C(=O)C(O)C(C)C)CC3(C)C)oc12. The van der Waals surface area contributed by atoms with E-state index in [4.69, 9.17) is 9.40 Å². The number of amides is 2. The molecule has 1 unspecified atom stereocenters. The maximum absolute atomic E-state index is 13.6. The van der Waals surface area contributed by atoms with Gasteiger partial charge < -0.3 is 19.3 Å². The van der Waals surface area contributed by atoms with Crippen molar-refractivity contribution in [2.24, 2.45) is 5.92 Å². The van der Waals surface area contributed by atoms with Gasteiger partial charge in [-0.1, -0.05) is 27.7 Å². The fourth-order valence-electron chi connectivity index (χ4n) is 4.67. The molecule has 1 fully saturated rings. The first-order chi connectivity index (χ1) is 16.9. The molecule has 1 aliphatic heterocycles. The van der Waals surface area contributed by atoms with Crippen molar-refractivity contribution < 1.29 is 23.5 Å². The van der Waals surface area contributed by atoms with Crippen LogP contribution in [0, 0.1) is 11.7 Å². The topological polar surface area (TPSA) is 86.9 Å². The van der Waals surface area contributed by atoms with Crippen LogP contribution in [0.5, 0.6) is 0 Å². The van der Waals surface area contributed by atoms with Gasteiger partial charge in [-0.05, 0) is 56.0 Å². The minimum atomic E-state index is -1.06. The molecule has 0 bridgehead atoms. The number of furan rings is 1. The summed E-state index contributed by atoms with van der Waals surface area (Å²) < 4.78 is 19.5. The first-order valence-corrected chi connectivity index (χ1v) is 12.4. The van der Waals surface area contributed by atoms with Gasteiger partial charge in [0.25, 0.3) is 11.8 Å². The van der Waals surface area contributed by atoms with Gasteiger partial charge in [0.2, 0.25) is 0 Å². The highest BCUT2D eigenvalue weighted by Gasteiger charge is 2.41. The maximum atomic E-state index is 13.6. The van der Waals surface area contributed by atoms with Gasteiger partial charge in [0.05, 0.1) is 11.2 Å². The number of pyridine rings is 1. The molecule has 7 nitrogen and oxygen atoms in total. The van der Waals surface area contributed by atoms with E-state index in [0.717, 1.165) is 11.1 Å². The van der Waals surface area contributed by atoms with Crippen LogP contribution < -0.4 is 0 Å². The van der Waals surface area contributed by atoms with E-state index >= 15 is 0 Å². The zero-order valence-electron chi connectivity index (χ0n) is 21.7. The predicted octanol–water partition coefficient (Wildman–Crippen LogP) is 4.84. The van der Waals surface area contributed by atoms with Crippen LogP contribution in [0.2, 0.25) is 0 Å². The number of hydrogen-bond donors (Lipinski definition) is 1. The maximum Gasteiger partial charge on any atom is 0.290 e. The largest absolute Gasteiger partial charge is 0.449 e. The van der Waals surface area contributed by atoms with Crippen molar-refractivity contribution in [3.63, 3.8) is 0 Å². The van der Waals surface area contributed by atoms with Gasteiger partial charge in [-0.15, -0.1) is 0 Å². The molecule has 3 heterocycles. The van der Waals surface area contributed by atoms with Crippen LogP contribution in [0.3, 0.4) is 0 Å². The molecule has 4 rings (SSSR count). The summed E-state index contributed by atoms with van der Waals surface area (Å²) in [6, 6.07) is 9.73. The molecule has 8 heteroatoms. The van der Waals surface area contributed by atoms with Gasteiger partial charge in [0.1, 0.15) is 17.4 Å². The van der Waals surface area contributed by atoms with Crippen molar-refractivity contribution >= 4 is 22.9 Å². The summed E-state index contributed by atoms with van der Waals surface area (Å²) in [5, 5.41) is 10.2. The Bertz CT molecular complexity index is 1280. The number of carbonyl (C=O) groups is 2. The van der Waals surface area contributed by atoms with Crippen molar-refractivity contribution in [2.45, 2.75) is 59.1 Å². The number of aromatic nitrogens is 1. The number of aliphatic hydroxyl groups is 1. The van der Waals surface area contributed by atoms with Gasteiger partial charge in [0.15, 0.2) is 11.3 Å². The molecule has 1 atom stereocenters. The summed E-state index contributed by atoms with van der Waals surface area (Å²) in [5.74, 6) is -0.782. The van der Waals surface area contributed by atoms with Crippen LogP contribution in [0.4, 0.5) is 4.39 Å². The van der Waals surface area contributed by atoms with Crippen LogP contribution in [-0.2, 0) is 4.79 Å². The number of aliphatic hydroxyl groups excluding tert-OH is 1. The highest BCUT2D eigenvalue weighted by molar-refractivity contribution is 5.97. The quantitative estimate of drug-likeness (QED) is 0.548. The molecule has 2 aromatic heterocycles. The van der Waals surface area contributed by atoms with Crippen LogP contribution in [0.15, 0.2) is 40.8 Å². The second-order valence-electron chi connectivity index (χ2n) is 10.8. The van der Waals surface area contributed by atoms with Crippen LogP contribution in [0.25, 0.3) is 22.4 Å². The average molecular weight is 496 g/mol. The molecule has 36 heavy (non-hydrogen) atoms. The Hall–Kier alpha value is -3.26. The second-order valence-corrected chi connectivity index (χ2v) is 10.8. The Morgan fingerprint density at radius 1 is 1.08 bits per heavy atom. The number of nitrogens with zero attached hydrogens (tertiary/aromatic N) is 3. The summed E-state index contributed by atoms with van der Waals surface area (Å²) in [7, 11) is 0. The van der Waals surface area contributed by atoms with Gasteiger partial charge >= 0.3 is 0 Å². The van der Waals surface area contributed by atoms with Crippen molar-refractivity contribution in [3.05, 3.63) is 53.5 Å².